The molecule has 0 aromatic rings. The van der Waals surface area contributed by atoms with E-state index in [1.54, 1.807) is 0 Å². The summed E-state index contributed by atoms with van der Waals surface area (Å²) in [5.41, 5.74) is -1.80. The molecule has 0 saturated carbocycles. The van der Waals surface area contributed by atoms with Crippen molar-refractivity contribution in [2.45, 2.75) is 51.1 Å². The van der Waals surface area contributed by atoms with E-state index >= 15 is 0 Å². The molecule has 1 aliphatic heterocycles. The molecule has 1 aliphatic rings. The highest BCUT2D eigenvalue weighted by Crippen LogP contribution is 2.24. The molecule has 0 bridgehead atoms. The van der Waals surface area contributed by atoms with Crippen LogP contribution in [-0.4, -0.2) is 34.6 Å². The Hall–Kier alpha value is -1.10. The molecule has 1 fully saturated rings. The van der Waals surface area contributed by atoms with Crippen LogP contribution in [-0.2, 0) is 9.59 Å². The molecule has 1 rings (SSSR count). The van der Waals surface area contributed by atoms with Gasteiger partial charge in [0.2, 0.25) is 5.91 Å². The molecule has 1 saturated heterocycles. The van der Waals surface area contributed by atoms with Gasteiger partial charge < -0.3 is 15.7 Å². The first-order valence-electron chi connectivity index (χ1n) is 5.65. The maximum Gasteiger partial charge on any atom is 0.328 e. The van der Waals surface area contributed by atoms with Gasteiger partial charge in [0.15, 0.2) is 0 Å². The maximum absolute atomic E-state index is 12.1. The first-order valence-corrected chi connectivity index (χ1v) is 5.65. The first kappa shape index (κ1) is 13.0. The van der Waals surface area contributed by atoms with E-state index in [0.29, 0.717) is 6.42 Å². The van der Waals surface area contributed by atoms with Crippen molar-refractivity contribution in [2.75, 3.05) is 6.54 Å². The van der Waals surface area contributed by atoms with Crippen LogP contribution in [0.1, 0.15) is 40.0 Å². The molecule has 0 radical (unpaired) electrons. The van der Waals surface area contributed by atoms with Crippen molar-refractivity contribution < 1.29 is 14.7 Å². The third-order valence-corrected chi connectivity index (χ3v) is 3.24. The summed E-state index contributed by atoms with van der Waals surface area (Å²) >= 11 is 0. The van der Waals surface area contributed by atoms with Gasteiger partial charge in [-0.05, 0) is 39.7 Å². The SMILES string of the molecule is CCC1(C(=O)NC(C)(C)C(=O)O)CCCN1. The van der Waals surface area contributed by atoms with Crippen LogP contribution in [0.25, 0.3) is 0 Å². The molecule has 0 spiro atoms. The Morgan fingerprint density at radius 3 is 2.50 bits per heavy atom. The second-order valence-electron chi connectivity index (χ2n) is 4.85. The topological polar surface area (TPSA) is 78.4 Å². The molecule has 0 aromatic heterocycles. The van der Waals surface area contributed by atoms with Crippen molar-refractivity contribution in [3.05, 3.63) is 0 Å². The molecule has 0 aromatic carbocycles. The van der Waals surface area contributed by atoms with E-state index in [9.17, 15) is 9.59 Å². The monoisotopic (exact) mass is 228 g/mol. The highest BCUT2D eigenvalue weighted by atomic mass is 16.4. The van der Waals surface area contributed by atoms with Crippen LogP contribution in [0.4, 0.5) is 0 Å². The predicted molar refractivity (Wildman–Crippen MR) is 60.1 cm³/mol. The molecule has 5 nitrogen and oxygen atoms in total. The van der Waals surface area contributed by atoms with E-state index in [1.165, 1.54) is 13.8 Å². The number of hydrogen-bond acceptors (Lipinski definition) is 3. The van der Waals surface area contributed by atoms with Crippen molar-refractivity contribution in [3.8, 4) is 0 Å². The Kier molecular flexibility index (Phi) is 3.57. The lowest BCUT2D eigenvalue weighted by Crippen LogP contribution is -2.60. The summed E-state index contributed by atoms with van der Waals surface area (Å²) in [5.74, 6) is -1.23. The van der Waals surface area contributed by atoms with Gasteiger partial charge >= 0.3 is 5.97 Å². The number of amides is 1. The molecule has 3 N–H and O–H groups in total. The molecular formula is C11H20N2O3. The van der Waals surface area contributed by atoms with Gasteiger partial charge in [-0.1, -0.05) is 6.92 Å². The van der Waals surface area contributed by atoms with Crippen molar-refractivity contribution in [1.29, 1.82) is 0 Å². The van der Waals surface area contributed by atoms with Crippen LogP contribution < -0.4 is 10.6 Å². The summed E-state index contributed by atoms with van der Waals surface area (Å²) in [6, 6.07) is 0. The van der Waals surface area contributed by atoms with Crippen LogP contribution in [0.2, 0.25) is 0 Å². The quantitative estimate of drug-likeness (QED) is 0.654. The number of carbonyl (C=O) groups excluding carboxylic acids is 1. The van der Waals surface area contributed by atoms with Crippen molar-refractivity contribution in [1.82, 2.24) is 10.6 Å². The summed E-state index contributed by atoms with van der Waals surface area (Å²) in [6.07, 6.45) is 2.40. The zero-order chi connectivity index (χ0) is 12.4. The lowest BCUT2D eigenvalue weighted by atomic mass is 9.91. The fourth-order valence-corrected chi connectivity index (χ4v) is 1.92. The second kappa shape index (κ2) is 4.41. The zero-order valence-electron chi connectivity index (χ0n) is 10.1. The summed E-state index contributed by atoms with van der Waals surface area (Å²) in [5, 5.41) is 14.7. The molecule has 16 heavy (non-hydrogen) atoms. The fourth-order valence-electron chi connectivity index (χ4n) is 1.92. The van der Waals surface area contributed by atoms with Gasteiger partial charge in [-0.3, -0.25) is 4.79 Å². The number of hydrogen-bond donors (Lipinski definition) is 3. The molecule has 1 heterocycles. The minimum Gasteiger partial charge on any atom is -0.480 e. The van der Waals surface area contributed by atoms with Crippen molar-refractivity contribution >= 4 is 11.9 Å². The highest BCUT2D eigenvalue weighted by Gasteiger charge is 2.42. The smallest absolute Gasteiger partial charge is 0.328 e. The minimum atomic E-state index is -1.22. The van der Waals surface area contributed by atoms with E-state index in [0.717, 1.165) is 19.4 Å². The maximum atomic E-state index is 12.1. The van der Waals surface area contributed by atoms with Crippen molar-refractivity contribution in [3.63, 3.8) is 0 Å². The van der Waals surface area contributed by atoms with Gasteiger partial charge in [-0.15, -0.1) is 0 Å². The van der Waals surface area contributed by atoms with E-state index in [4.69, 9.17) is 5.11 Å². The number of carboxylic acids is 1. The standard InChI is InChI=1S/C11H20N2O3/c1-4-11(6-5-7-12-11)8(14)13-10(2,3)9(15)16/h12H,4-7H2,1-3H3,(H,13,14)(H,15,16). The number of carboxylic acid groups (broad SMARTS) is 1. The van der Waals surface area contributed by atoms with E-state index < -0.39 is 17.0 Å². The van der Waals surface area contributed by atoms with Gasteiger partial charge in [0.05, 0.1) is 5.54 Å². The van der Waals surface area contributed by atoms with E-state index in [2.05, 4.69) is 10.6 Å². The number of aliphatic carboxylic acids is 1. The Bertz CT molecular complexity index is 294. The molecular weight excluding hydrogens is 208 g/mol. The number of rotatable bonds is 4. The number of carbonyl (C=O) groups is 2. The van der Waals surface area contributed by atoms with Gasteiger partial charge in [-0.25, -0.2) is 4.79 Å². The third kappa shape index (κ3) is 2.35. The molecule has 1 atom stereocenters. The predicted octanol–water partition coefficient (Wildman–Crippen LogP) is 0.498. The lowest BCUT2D eigenvalue weighted by Gasteiger charge is -2.31. The lowest BCUT2D eigenvalue weighted by molar-refractivity contribution is -0.147. The van der Waals surface area contributed by atoms with Gasteiger partial charge in [-0.2, -0.15) is 0 Å². The normalized spacial score (nSPS) is 25.4. The van der Waals surface area contributed by atoms with Gasteiger partial charge in [0.1, 0.15) is 5.54 Å². The Balaban J connectivity index is 2.74. The first-order chi connectivity index (χ1) is 7.34. The van der Waals surface area contributed by atoms with Gasteiger partial charge in [0.25, 0.3) is 0 Å². The Labute approximate surface area is 95.6 Å². The summed E-state index contributed by atoms with van der Waals surface area (Å²) in [4.78, 5) is 23.0. The van der Waals surface area contributed by atoms with Crippen molar-refractivity contribution in [2.24, 2.45) is 0 Å². The summed E-state index contributed by atoms with van der Waals surface area (Å²) in [6.45, 7) is 5.73. The fraction of sp³-hybridized carbons (Fsp3) is 0.818. The molecule has 5 heteroatoms. The summed E-state index contributed by atoms with van der Waals surface area (Å²) in [7, 11) is 0. The molecule has 1 amide bonds. The molecule has 92 valence electrons. The zero-order valence-corrected chi connectivity index (χ0v) is 10.1. The minimum absolute atomic E-state index is 0.208. The Morgan fingerprint density at radius 2 is 2.12 bits per heavy atom. The van der Waals surface area contributed by atoms with Crippen LogP contribution in [0, 0.1) is 0 Å². The average Bonchev–Trinajstić information content (AvgIpc) is 2.66. The van der Waals surface area contributed by atoms with Crippen LogP contribution in [0.15, 0.2) is 0 Å². The van der Waals surface area contributed by atoms with Crippen LogP contribution in [0.5, 0.6) is 0 Å². The van der Waals surface area contributed by atoms with Crippen LogP contribution >= 0.6 is 0 Å². The third-order valence-electron chi connectivity index (χ3n) is 3.24. The van der Waals surface area contributed by atoms with Crippen LogP contribution in [0.3, 0.4) is 0 Å². The average molecular weight is 228 g/mol. The second-order valence-corrected chi connectivity index (χ2v) is 4.85. The van der Waals surface area contributed by atoms with E-state index in [-0.39, 0.29) is 5.91 Å². The summed E-state index contributed by atoms with van der Waals surface area (Å²) < 4.78 is 0. The largest absolute Gasteiger partial charge is 0.480 e. The van der Waals surface area contributed by atoms with E-state index in [1.807, 2.05) is 6.92 Å². The van der Waals surface area contributed by atoms with Gasteiger partial charge in [0, 0.05) is 0 Å². The highest BCUT2D eigenvalue weighted by molar-refractivity contribution is 5.92. The number of nitrogens with one attached hydrogen (secondary N) is 2. The molecule has 0 aliphatic carbocycles. The molecule has 1 unspecified atom stereocenters. The Morgan fingerprint density at radius 1 is 1.50 bits per heavy atom.